The number of thioether (sulfide) groups is 1. The Morgan fingerprint density at radius 3 is 2.88 bits per heavy atom. The third-order valence-corrected chi connectivity index (χ3v) is 3.46. The molecule has 0 bridgehead atoms. The zero-order valence-electron chi connectivity index (χ0n) is 9.83. The highest BCUT2D eigenvalue weighted by molar-refractivity contribution is 7.98. The number of nitriles is 1. The van der Waals surface area contributed by atoms with Crippen molar-refractivity contribution in [2.75, 3.05) is 23.9 Å². The van der Waals surface area contributed by atoms with Gasteiger partial charge >= 0.3 is 0 Å². The van der Waals surface area contributed by atoms with E-state index in [1.165, 1.54) is 0 Å². The van der Waals surface area contributed by atoms with Crippen LogP contribution in [0.3, 0.4) is 0 Å². The van der Waals surface area contributed by atoms with Crippen molar-refractivity contribution in [3.8, 4) is 6.07 Å². The van der Waals surface area contributed by atoms with Crippen LogP contribution in [0.4, 0.5) is 5.69 Å². The minimum Gasteiger partial charge on any atom is -0.387 e. The molecule has 0 heterocycles. The summed E-state index contributed by atoms with van der Waals surface area (Å²) >= 11 is 7.58. The summed E-state index contributed by atoms with van der Waals surface area (Å²) in [4.78, 5) is 0. The lowest BCUT2D eigenvalue weighted by molar-refractivity contribution is 0.0997. The van der Waals surface area contributed by atoms with Gasteiger partial charge in [-0.1, -0.05) is 17.7 Å². The average Bonchev–Trinajstić information content (AvgIpc) is 2.27. The Morgan fingerprint density at radius 2 is 2.29 bits per heavy atom. The Labute approximate surface area is 111 Å². The van der Waals surface area contributed by atoms with Crippen molar-refractivity contribution >= 4 is 29.1 Å². The molecule has 0 saturated carbocycles. The summed E-state index contributed by atoms with van der Waals surface area (Å²) in [6.07, 6.45) is 1.94. The highest BCUT2D eigenvalue weighted by Crippen LogP contribution is 2.26. The van der Waals surface area contributed by atoms with Gasteiger partial charge in [0.05, 0.1) is 21.9 Å². The molecule has 2 N–H and O–H groups in total. The Kier molecular flexibility index (Phi) is 5.13. The van der Waals surface area contributed by atoms with Gasteiger partial charge in [0.25, 0.3) is 0 Å². The molecule has 1 atom stereocenters. The second-order valence-corrected chi connectivity index (χ2v) is 5.33. The molecule has 0 saturated heterocycles. The van der Waals surface area contributed by atoms with Gasteiger partial charge in [0, 0.05) is 12.3 Å². The fourth-order valence-electron chi connectivity index (χ4n) is 1.44. The van der Waals surface area contributed by atoms with Crippen LogP contribution in [0.2, 0.25) is 5.02 Å². The van der Waals surface area contributed by atoms with Gasteiger partial charge in [-0.3, -0.25) is 0 Å². The number of para-hydroxylation sites is 1. The minimum absolute atomic E-state index is 0.353. The average molecular weight is 271 g/mol. The first-order valence-corrected chi connectivity index (χ1v) is 6.91. The van der Waals surface area contributed by atoms with Crippen LogP contribution in [-0.4, -0.2) is 29.3 Å². The van der Waals surface area contributed by atoms with E-state index >= 15 is 0 Å². The van der Waals surface area contributed by atoms with Crippen molar-refractivity contribution in [1.29, 1.82) is 5.26 Å². The van der Waals surface area contributed by atoms with Crippen LogP contribution in [0, 0.1) is 11.3 Å². The summed E-state index contributed by atoms with van der Waals surface area (Å²) in [6, 6.07) is 7.21. The van der Waals surface area contributed by atoms with Crippen LogP contribution in [0.25, 0.3) is 0 Å². The summed E-state index contributed by atoms with van der Waals surface area (Å²) < 4.78 is 0. The van der Waals surface area contributed by atoms with Crippen molar-refractivity contribution < 1.29 is 5.11 Å². The molecule has 0 amide bonds. The largest absolute Gasteiger partial charge is 0.387 e. The molecule has 0 aliphatic carbocycles. The van der Waals surface area contributed by atoms with Crippen molar-refractivity contribution in [3.05, 3.63) is 28.8 Å². The molecule has 0 fully saturated rings. The predicted octanol–water partition coefficient (Wildman–Crippen LogP) is 2.74. The second-order valence-electron chi connectivity index (χ2n) is 4.06. The molecule has 0 aliphatic heterocycles. The number of nitrogens with zero attached hydrogens (tertiary/aromatic N) is 1. The molecule has 1 aromatic rings. The van der Waals surface area contributed by atoms with E-state index in [1.807, 2.05) is 6.26 Å². The molecule has 1 aromatic carbocycles. The molecule has 5 heteroatoms. The summed E-state index contributed by atoms with van der Waals surface area (Å²) in [5, 5.41) is 22.5. The quantitative estimate of drug-likeness (QED) is 0.864. The first-order valence-electron chi connectivity index (χ1n) is 5.14. The highest BCUT2D eigenvalue weighted by Gasteiger charge is 2.20. The smallest absolute Gasteiger partial charge is 0.101 e. The number of halogens is 1. The first-order chi connectivity index (χ1) is 8.00. The van der Waals surface area contributed by atoms with Gasteiger partial charge in [-0.15, -0.1) is 0 Å². The van der Waals surface area contributed by atoms with E-state index in [2.05, 4.69) is 11.4 Å². The van der Waals surface area contributed by atoms with Gasteiger partial charge in [0.1, 0.15) is 6.07 Å². The third kappa shape index (κ3) is 4.12. The molecule has 0 aliphatic rings. The number of rotatable bonds is 5. The van der Waals surface area contributed by atoms with Crippen molar-refractivity contribution in [2.24, 2.45) is 0 Å². The standard InChI is InChI=1S/C12H15ClN2OS/c1-12(16,8-17-2)7-15-11-9(6-14)4-3-5-10(11)13/h3-5,15-16H,7-8H2,1-2H3/t12-/m1/s1. The lowest BCUT2D eigenvalue weighted by atomic mass is 10.1. The maximum Gasteiger partial charge on any atom is 0.101 e. The number of hydrogen-bond donors (Lipinski definition) is 2. The maximum atomic E-state index is 10.0. The van der Waals surface area contributed by atoms with Crippen LogP contribution in [0.15, 0.2) is 18.2 Å². The molecule has 1 rings (SSSR count). The molecular formula is C12H15ClN2OS. The molecule has 0 spiro atoms. The lowest BCUT2D eigenvalue weighted by Gasteiger charge is -2.23. The normalized spacial score (nSPS) is 13.8. The van der Waals surface area contributed by atoms with Gasteiger partial charge in [0.15, 0.2) is 0 Å². The van der Waals surface area contributed by atoms with Gasteiger partial charge in [-0.05, 0) is 25.3 Å². The van der Waals surface area contributed by atoms with Gasteiger partial charge < -0.3 is 10.4 Å². The fourth-order valence-corrected chi connectivity index (χ4v) is 2.40. The van der Waals surface area contributed by atoms with Crippen LogP contribution >= 0.6 is 23.4 Å². The Balaban J connectivity index is 2.79. The van der Waals surface area contributed by atoms with Gasteiger partial charge in [-0.25, -0.2) is 0 Å². The fraction of sp³-hybridized carbons (Fsp3) is 0.417. The van der Waals surface area contributed by atoms with Crippen LogP contribution in [-0.2, 0) is 0 Å². The number of anilines is 1. The molecule has 17 heavy (non-hydrogen) atoms. The van der Waals surface area contributed by atoms with Gasteiger partial charge in [-0.2, -0.15) is 17.0 Å². The molecule has 3 nitrogen and oxygen atoms in total. The second kappa shape index (κ2) is 6.15. The monoisotopic (exact) mass is 270 g/mol. The zero-order chi connectivity index (χ0) is 12.9. The summed E-state index contributed by atoms with van der Waals surface area (Å²) in [5.74, 6) is 0.617. The van der Waals surface area contributed by atoms with Crippen LogP contribution in [0.5, 0.6) is 0 Å². The SMILES string of the molecule is CSC[C@](C)(O)CNc1c(Cl)cccc1C#N. The molecule has 0 aromatic heterocycles. The predicted molar refractivity (Wildman–Crippen MR) is 73.7 cm³/mol. The number of hydrogen-bond acceptors (Lipinski definition) is 4. The zero-order valence-corrected chi connectivity index (χ0v) is 11.4. The van der Waals surface area contributed by atoms with Crippen molar-refractivity contribution in [2.45, 2.75) is 12.5 Å². The summed E-state index contributed by atoms with van der Waals surface area (Å²) in [5.41, 5.74) is 0.237. The minimum atomic E-state index is -0.828. The molecule has 92 valence electrons. The first kappa shape index (κ1) is 14.2. The van der Waals surface area contributed by atoms with E-state index in [-0.39, 0.29) is 0 Å². The number of nitrogens with one attached hydrogen (secondary N) is 1. The highest BCUT2D eigenvalue weighted by atomic mass is 35.5. The lowest BCUT2D eigenvalue weighted by Crippen LogP contribution is -2.36. The topological polar surface area (TPSA) is 56.0 Å². The summed E-state index contributed by atoms with van der Waals surface area (Å²) in [6.45, 7) is 2.10. The Hall–Kier alpha value is -0.890. The Bertz CT molecular complexity index is 429. The van der Waals surface area contributed by atoms with E-state index in [9.17, 15) is 5.11 Å². The van der Waals surface area contributed by atoms with E-state index in [0.29, 0.717) is 28.6 Å². The number of aliphatic hydroxyl groups is 1. The van der Waals surface area contributed by atoms with E-state index in [1.54, 1.807) is 36.9 Å². The van der Waals surface area contributed by atoms with Crippen molar-refractivity contribution in [3.63, 3.8) is 0 Å². The third-order valence-electron chi connectivity index (χ3n) is 2.24. The molecule has 0 unspecified atom stereocenters. The van der Waals surface area contributed by atoms with Gasteiger partial charge in [0.2, 0.25) is 0 Å². The van der Waals surface area contributed by atoms with Crippen molar-refractivity contribution in [1.82, 2.24) is 0 Å². The molecule has 0 radical (unpaired) electrons. The maximum absolute atomic E-state index is 10.0. The Morgan fingerprint density at radius 1 is 1.59 bits per heavy atom. The van der Waals surface area contributed by atoms with E-state index < -0.39 is 5.60 Å². The number of benzene rings is 1. The van der Waals surface area contributed by atoms with E-state index in [4.69, 9.17) is 16.9 Å². The van der Waals surface area contributed by atoms with Crippen LogP contribution in [0.1, 0.15) is 12.5 Å². The molecular weight excluding hydrogens is 256 g/mol. The van der Waals surface area contributed by atoms with Crippen LogP contribution < -0.4 is 5.32 Å². The van der Waals surface area contributed by atoms with E-state index in [0.717, 1.165) is 0 Å². The summed E-state index contributed by atoms with van der Waals surface area (Å²) in [7, 11) is 0.